The van der Waals surface area contributed by atoms with Crippen LogP contribution in [0.1, 0.15) is 62.6 Å². The van der Waals surface area contributed by atoms with Crippen molar-refractivity contribution in [3.63, 3.8) is 0 Å². The summed E-state index contributed by atoms with van der Waals surface area (Å²) in [5.74, 6) is 0. The fourth-order valence-electron chi connectivity index (χ4n) is 6.38. The highest BCUT2D eigenvalue weighted by Crippen LogP contribution is 2.39. The van der Waals surface area contributed by atoms with Crippen LogP contribution >= 0.6 is 0 Å². The lowest BCUT2D eigenvalue weighted by Gasteiger charge is -2.47. The Balaban J connectivity index is 1.37. The van der Waals surface area contributed by atoms with Gasteiger partial charge < -0.3 is 18.9 Å². The molecule has 5 nitrogen and oxygen atoms in total. The second kappa shape index (κ2) is 15.6. The van der Waals surface area contributed by atoms with Gasteiger partial charge in [0.2, 0.25) is 0 Å². The minimum Gasteiger partial charge on any atom is -0.374 e. The van der Waals surface area contributed by atoms with E-state index in [2.05, 4.69) is 97.6 Å². The maximum absolute atomic E-state index is 6.89. The molecule has 41 heavy (non-hydrogen) atoms. The van der Waals surface area contributed by atoms with Crippen molar-refractivity contribution in [1.82, 2.24) is 4.90 Å². The molecular weight excluding hydrogens is 510 g/mol. The van der Waals surface area contributed by atoms with Crippen LogP contribution in [0.25, 0.3) is 0 Å². The van der Waals surface area contributed by atoms with Crippen molar-refractivity contribution in [1.29, 1.82) is 0 Å². The summed E-state index contributed by atoms with van der Waals surface area (Å²) in [6.07, 6.45) is 5.50. The Bertz CT molecular complexity index is 1130. The smallest absolute Gasteiger partial charge is 0.114 e. The zero-order valence-corrected chi connectivity index (χ0v) is 24.8. The van der Waals surface area contributed by atoms with E-state index in [1.165, 1.54) is 31.2 Å². The molecule has 2 heterocycles. The van der Waals surface area contributed by atoms with E-state index < -0.39 is 0 Å². The summed E-state index contributed by atoms with van der Waals surface area (Å²) in [6.45, 7) is 7.76. The first-order valence-electron chi connectivity index (χ1n) is 15.6. The number of benzene rings is 3. The molecular formula is C36H47NO4. The first-order valence-corrected chi connectivity index (χ1v) is 15.6. The van der Waals surface area contributed by atoms with E-state index in [0.29, 0.717) is 32.5 Å². The number of hydrogen-bond acceptors (Lipinski definition) is 5. The Morgan fingerprint density at radius 2 is 1.27 bits per heavy atom. The average molecular weight is 558 g/mol. The van der Waals surface area contributed by atoms with Crippen LogP contribution < -0.4 is 0 Å². The quantitative estimate of drug-likeness (QED) is 0.185. The van der Waals surface area contributed by atoms with E-state index in [-0.39, 0.29) is 30.5 Å². The van der Waals surface area contributed by atoms with Crippen molar-refractivity contribution in [2.24, 2.45) is 0 Å². The standard InChI is InChI=1S/C36H47NO4/c1-3-4-5-15-22-37-28(2)23-32-34(37)36(40-26-31-20-13-8-14-21-31)35(39-25-30-18-11-7-12-19-30)33(41-32)27-38-24-29-16-9-6-10-17-29/h6-14,16-21,28,32-36H,3-5,15,22-27H2,1-2H3. The topological polar surface area (TPSA) is 40.2 Å². The van der Waals surface area contributed by atoms with Gasteiger partial charge in [0.15, 0.2) is 0 Å². The molecule has 0 aromatic heterocycles. The lowest BCUT2D eigenvalue weighted by atomic mass is 9.92. The van der Waals surface area contributed by atoms with Gasteiger partial charge in [-0.25, -0.2) is 0 Å². The molecule has 0 aliphatic carbocycles. The van der Waals surface area contributed by atoms with Crippen molar-refractivity contribution in [2.75, 3.05) is 13.2 Å². The van der Waals surface area contributed by atoms with Crippen LogP contribution in [0.5, 0.6) is 0 Å². The van der Waals surface area contributed by atoms with Gasteiger partial charge in [0.1, 0.15) is 18.3 Å². The monoisotopic (exact) mass is 557 g/mol. The van der Waals surface area contributed by atoms with Gasteiger partial charge in [0, 0.05) is 6.04 Å². The van der Waals surface area contributed by atoms with E-state index in [1.807, 2.05) is 12.1 Å². The fourth-order valence-corrected chi connectivity index (χ4v) is 6.38. The molecule has 0 bridgehead atoms. The third kappa shape index (κ3) is 8.27. The first kappa shape index (κ1) is 29.9. The van der Waals surface area contributed by atoms with Crippen molar-refractivity contribution < 1.29 is 18.9 Å². The summed E-state index contributed by atoms with van der Waals surface area (Å²) in [5, 5.41) is 0. The number of ether oxygens (including phenoxy) is 4. The van der Waals surface area contributed by atoms with E-state index in [0.717, 1.165) is 24.1 Å². The van der Waals surface area contributed by atoms with Crippen molar-refractivity contribution in [2.45, 2.75) is 102 Å². The number of unbranched alkanes of at least 4 members (excludes halogenated alkanes) is 3. The predicted molar refractivity (Wildman–Crippen MR) is 164 cm³/mol. The summed E-state index contributed by atoms with van der Waals surface area (Å²) in [4.78, 5) is 2.65. The first-order chi connectivity index (χ1) is 20.2. The molecule has 6 atom stereocenters. The fraction of sp³-hybridized carbons (Fsp3) is 0.500. The van der Waals surface area contributed by atoms with Crippen LogP contribution in [0.15, 0.2) is 91.0 Å². The van der Waals surface area contributed by atoms with E-state index in [4.69, 9.17) is 18.9 Å². The second-order valence-electron chi connectivity index (χ2n) is 11.6. The van der Waals surface area contributed by atoms with Crippen molar-refractivity contribution in [3.8, 4) is 0 Å². The molecule has 2 fully saturated rings. The van der Waals surface area contributed by atoms with Crippen LogP contribution in [0, 0.1) is 0 Å². The third-order valence-electron chi connectivity index (χ3n) is 8.51. The molecule has 0 saturated carbocycles. The highest BCUT2D eigenvalue weighted by molar-refractivity contribution is 5.16. The molecule has 2 saturated heterocycles. The highest BCUT2D eigenvalue weighted by Gasteiger charge is 2.54. The molecule has 220 valence electrons. The molecule has 0 N–H and O–H groups in total. The molecule has 3 aromatic carbocycles. The number of nitrogens with zero attached hydrogens (tertiary/aromatic N) is 1. The van der Waals surface area contributed by atoms with Crippen LogP contribution in [-0.2, 0) is 38.8 Å². The van der Waals surface area contributed by atoms with Gasteiger partial charge in [0.05, 0.1) is 38.6 Å². The summed E-state index contributed by atoms with van der Waals surface area (Å²) in [5.41, 5.74) is 3.49. The van der Waals surface area contributed by atoms with Gasteiger partial charge in [-0.3, -0.25) is 4.90 Å². The Labute approximate surface area is 246 Å². The molecule has 0 amide bonds. The van der Waals surface area contributed by atoms with Gasteiger partial charge in [-0.15, -0.1) is 0 Å². The Morgan fingerprint density at radius 3 is 1.85 bits per heavy atom. The lowest BCUT2D eigenvalue weighted by molar-refractivity contribution is -0.236. The van der Waals surface area contributed by atoms with Crippen LogP contribution in [0.3, 0.4) is 0 Å². The zero-order valence-electron chi connectivity index (χ0n) is 24.8. The molecule has 5 heteroatoms. The molecule has 5 rings (SSSR count). The second-order valence-corrected chi connectivity index (χ2v) is 11.6. The third-order valence-corrected chi connectivity index (χ3v) is 8.51. The summed E-state index contributed by atoms with van der Waals surface area (Å²) >= 11 is 0. The molecule has 2 aliphatic rings. The SMILES string of the molecule is CCCCCCN1C(C)CC2OC(COCc3ccccc3)C(OCc3ccccc3)C(OCc3ccccc3)C21. The van der Waals surface area contributed by atoms with Gasteiger partial charge in [-0.05, 0) is 43.0 Å². The number of hydrogen-bond donors (Lipinski definition) is 0. The Kier molecular flexibility index (Phi) is 11.4. The van der Waals surface area contributed by atoms with Gasteiger partial charge >= 0.3 is 0 Å². The zero-order chi connectivity index (χ0) is 28.3. The predicted octanol–water partition coefficient (Wildman–Crippen LogP) is 7.18. The normalized spacial score (nSPS) is 26.2. The highest BCUT2D eigenvalue weighted by atomic mass is 16.6. The number of rotatable bonds is 15. The minimum absolute atomic E-state index is 0.0962. The summed E-state index contributed by atoms with van der Waals surface area (Å²) < 4.78 is 26.8. The Morgan fingerprint density at radius 1 is 0.707 bits per heavy atom. The maximum Gasteiger partial charge on any atom is 0.114 e. The molecule has 0 spiro atoms. The van der Waals surface area contributed by atoms with Gasteiger partial charge in [-0.2, -0.15) is 0 Å². The van der Waals surface area contributed by atoms with E-state index in [9.17, 15) is 0 Å². The molecule has 2 aliphatic heterocycles. The minimum atomic E-state index is -0.251. The average Bonchev–Trinajstić information content (AvgIpc) is 3.33. The van der Waals surface area contributed by atoms with E-state index >= 15 is 0 Å². The van der Waals surface area contributed by atoms with E-state index in [1.54, 1.807) is 0 Å². The summed E-state index contributed by atoms with van der Waals surface area (Å²) in [7, 11) is 0. The maximum atomic E-state index is 6.89. The van der Waals surface area contributed by atoms with Gasteiger partial charge in [-0.1, -0.05) is 117 Å². The lowest BCUT2D eigenvalue weighted by Crippen LogP contribution is -2.62. The molecule has 3 aromatic rings. The largest absolute Gasteiger partial charge is 0.374 e. The molecule has 0 radical (unpaired) electrons. The number of fused-ring (bicyclic) bond motifs is 1. The van der Waals surface area contributed by atoms with Crippen LogP contribution in [-0.4, -0.2) is 54.6 Å². The number of likely N-dealkylation sites (tertiary alicyclic amines) is 1. The van der Waals surface area contributed by atoms with Crippen LogP contribution in [0.2, 0.25) is 0 Å². The van der Waals surface area contributed by atoms with Crippen molar-refractivity contribution in [3.05, 3.63) is 108 Å². The van der Waals surface area contributed by atoms with Crippen LogP contribution in [0.4, 0.5) is 0 Å². The summed E-state index contributed by atoms with van der Waals surface area (Å²) in [6, 6.07) is 31.8. The Hall–Kier alpha value is -2.54. The van der Waals surface area contributed by atoms with Crippen molar-refractivity contribution >= 4 is 0 Å². The molecule has 6 unspecified atom stereocenters. The van der Waals surface area contributed by atoms with Gasteiger partial charge in [0.25, 0.3) is 0 Å².